The molecule has 3 atom stereocenters. The Hall–Kier alpha value is -0.240. The van der Waals surface area contributed by atoms with E-state index in [1.165, 1.54) is 31.2 Å². The Morgan fingerprint density at radius 3 is 2.70 bits per heavy atom. The van der Waals surface area contributed by atoms with Crippen molar-refractivity contribution >= 4 is 23.2 Å². The largest absolute Gasteiger partial charge is 0.313 e. The summed E-state index contributed by atoms with van der Waals surface area (Å²) >= 11 is 12.3. The monoisotopic (exact) mass is 313 g/mol. The second-order valence-corrected chi connectivity index (χ2v) is 6.92. The van der Waals surface area contributed by atoms with E-state index in [0.29, 0.717) is 11.1 Å². The number of rotatable bonds is 6. The van der Waals surface area contributed by atoms with Crippen LogP contribution in [0.3, 0.4) is 0 Å². The Bertz CT molecular complexity index is 433. The van der Waals surface area contributed by atoms with Crippen molar-refractivity contribution in [3.8, 4) is 0 Å². The second-order valence-electron chi connectivity index (χ2n) is 6.07. The third-order valence-electron chi connectivity index (χ3n) is 4.56. The van der Waals surface area contributed by atoms with Gasteiger partial charge in [-0.3, -0.25) is 0 Å². The first-order chi connectivity index (χ1) is 9.61. The number of nitrogens with one attached hydrogen (secondary N) is 1. The molecule has 1 aromatic carbocycles. The van der Waals surface area contributed by atoms with Crippen molar-refractivity contribution in [2.75, 3.05) is 6.54 Å². The van der Waals surface area contributed by atoms with Gasteiger partial charge < -0.3 is 5.32 Å². The van der Waals surface area contributed by atoms with Crippen LogP contribution in [0.15, 0.2) is 18.2 Å². The lowest BCUT2D eigenvalue weighted by molar-refractivity contribution is 0.295. The first-order valence-corrected chi connectivity index (χ1v) is 8.54. The first kappa shape index (κ1) is 16.1. The maximum absolute atomic E-state index is 6.34. The van der Waals surface area contributed by atoms with E-state index in [1.54, 1.807) is 0 Å². The molecule has 20 heavy (non-hydrogen) atoms. The number of hydrogen-bond acceptors (Lipinski definition) is 1. The predicted molar refractivity (Wildman–Crippen MR) is 88.8 cm³/mol. The fraction of sp³-hybridized carbons (Fsp3) is 0.647. The van der Waals surface area contributed by atoms with Crippen molar-refractivity contribution < 1.29 is 0 Å². The molecule has 3 unspecified atom stereocenters. The van der Waals surface area contributed by atoms with Crippen molar-refractivity contribution in [1.29, 1.82) is 0 Å². The number of benzene rings is 1. The number of halogens is 2. The van der Waals surface area contributed by atoms with Crippen molar-refractivity contribution in [3.05, 3.63) is 33.8 Å². The molecule has 0 aromatic heterocycles. The first-order valence-electron chi connectivity index (χ1n) is 7.79. The van der Waals surface area contributed by atoms with Crippen LogP contribution in [0.2, 0.25) is 10.0 Å². The second kappa shape index (κ2) is 7.68. The molecular formula is C17H25Cl2N. The fourth-order valence-corrected chi connectivity index (χ4v) is 3.89. The minimum atomic E-state index is 0.533. The van der Waals surface area contributed by atoms with E-state index in [4.69, 9.17) is 23.2 Å². The van der Waals surface area contributed by atoms with Crippen LogP contribution in [-0.4, -0.2) is 12.6 Å². The summed E-state index contributed by atoms with van der Waals surface area (Å²) < 4.78 is 0. The quantitative estimate of drug-likeness (QED) is 0.747. The van der Waals surface area contributed by atoms with Gasteiger partial charge in [-0.2, -0.15) is 0 Å². The smallest absolute Gasteiger partial charge is 0.0453 e. The van der Waals surface area contributed by atoms with Crippen LogP contribution in [0.5, 0.6) is 0 Å². The van der Waals surface area contributed by atoms with Gasteiger partial charge in [0, 0.05) is 16.1 Å². The molecule has 1 N–H and O–H groups in total. The van der Waals surface area contributed by atoms with Gasteiger partial charge in [-0.25, -0.2) is 0 Å². The van der Waals surface area contributed by atoms with Crippen LogP contribution in [-0.2, 0) is 6.42 Å². The maximum Gasteiger partial charge on any atom is 0.0453 e. The molecule has 0 radical (unpaired) electrons. The van der Waals surface area contributed by atoms with E-state index in [0.717, 1.165) is 29.8 Å². The molecule has 1 nitrogen and oxygen atoms in total. The molecule has 1 fully saturated rings. The molecule has 1 aromatic rings. The van der Waals surface area contributed by atoms with Gasteiger partial charge in [0.25, 0.3) is 0 Å². The van der Waals surface area contributed by atoms with Gasteiger partial charge in [-0.1, -0.05) is 56.0 Å². The van der Waals surface area contributed by atoms with Crippen LogP contribution in [0.4, 0.5) is 0 Å². The molecule has 0 aliphatic heterocycles. The summed E-state index contributed by atoms with van der Waals surface area (Å²) in [5.41, 5.74) is 1.21. The van der Waals surface area contributed by atoms with Crippen LogP contribution in [0.25, 0.3) is 0 Å². The summed E-state index contributed by atoms with van der Waals surface area (Å²) in [4.78, 5) is 0. The van der Waals surface area contributed by atoms with Gasteiger partial charge in [-0.05, 0) is 55.3 Å². The Labute approximate surface area is 133 Å². The molecule has 0 spiro atoms. The predicted octanol–water partition coefficient (Wildman–Crippen LogP) is 5.34. The van der Waals surface area contributed by atoms with Crippen molar-refractivity contribution in [2.24, 2.45) is 11.8 Å². The third kappa shape index (κ3) is 4.13. The molecule has 0 bridgehead atoms. The summed E-state index contributed by atoms with van der Waals surface area (Å²) in [6.07, 6.45) is 6.25. The van der Waals surface area contributed by atoms with Gasteiger partial charge in [0.1, 0.15) is 0 Å². The summed E-state index contributed by atoms with van der Waals surface area (Å²) in [5.74, 6) is 1.59. The molecule has 1 aliphatic carbocycles. The maximum atomic E-state index is 6.34. The Morgan fingerprint density at radius 2 is 2.10 bits per heavy atom. The van der Waals surface area contributed by atoms with E-state index >= 15 is 0 Å². The highest BCUT2D eigenvalue weighted by Crippen LogP contribution is 2.35. The van der Waals surface area contributed by atoms with Gasteiger partial charge in [0.15, 0.2) is 0 Å². The minimum Gasteiger partial charge on any atom is -0.313 e. The van der Waals surface area contributed by atoms with E-state index in [1.807, 2.05) is 12.1 Å². The average Bonchev–Trinajstić information content (AvgIpc) is 2.83. The highest BCUT2D eigenvalue weighted by atomic mass is 35.5. The van der Waals surface area contributed by atoms with Crippen LogP contribution in [0.1, 0.15) is 45.1 Å². The Balaban J connectivity index is 2.10. The normalized spacial score (nSPS) is 24.0. The Kier molecular flexibility index (Phi) is 6.20. The van der Waals surface area contributed by atoms with Crippen LogP contribution < -0.4 is 5.32 Å². The zero-order valence-corrected chi connectivity index (χ0v) is 14.0. The standard InChI is InChI=1S/C17H25Cl2N/c1-3-9-20-17(15-6-4-5-12(15)2)10-13-7-8-14(18)11-16(13)19/h7-8,11-12,15,17,20H,3-6,9-10H2,1-2H3. The third-order valence-corrected chi connectivity index (χ3v) is 5.14. The lowest BCUT2D eigenvalue weighted by Gasteiger charge is -2.28. The van der Waals surface area contributed by atoms with Gasteiger partial charge in [-0.15, -0.1) is 0 Å². The molecule has 0 amide bonds. The highest BCUT2D eigenvalue weighted by Gasteiger charge is 2.30. The summed E-state index contributed by atoms with van der Waals surface area (Å²) in [7, 11) is 0. The summed E-state index contributed by atoms with van der Waals surface area (Å²) in [5, 5.41) is 5.25. The van der Waals surface area contributed by atoms with Gasteiger partial charge in [0.2, 0.25) is 0 Å². The van der Waals surface area contributed by atoms with Gasteiger partial charge >= 0.3 is 0 Å². The Morgan fingerprint density at radius 1 is 1.30 bits per heavy atom. The minimum absolute atomic E-state index is 0.533. The highest BCUT2D eigenvalue weighted by molar-refractivity contribution is 6.35. The zero-order valence-electron chi connectivity index (χ0n) is 12.5. The van der Waals surface area contributed by atoms with Crippen molar-refractivity contribution in [1.82, 2.24) is 5.32 Å². The average molecular weight is 314 g/mol. The van der Waals surface area contributed by atoms with Crippen LogP contribution >= 0.6 is 23.2 Å². The lowest BCUT2D eigenvalue weighted by atomic mass is 9.86. The SMILES string of the molecule is CCCNC(Cc1ccc(Cl)cc1Cl)C1CCCC1C. The van der Waals surface area contributed by atoms with Crippen molar-refractivity contribution in [2.45, 2.75) is 52.0 Å². The fourth-order valence-electron chi connectivity index (χ4n) is 3.40. The molecule has 3 heteroatoms. The summed E-state index contributed by atoms with van der Waals surface area (Å²) in [6, 6.07) is 6.40. The van der Waals surface area contributed by atoms with Crippen molar-refractivity contribution in [3.63, 3.8) is 0 Å². The number of hydrogen-bond donors (Lipinski definition) is 1. The molecule has 112 valence electrons. The zero-order chi connectivity index (χ0) is 14.5. The van der Waals surface area contributed by atoms with Gasteiger partial charge in [0.05, 0.1) is 0 Å². The van der Waals surface area contributed by atoms with E-state index in [2.05, 4.69) is 25.2 Å². The molecular weight excluding hydrogens is 289 g/mol. The van der Waals surface area contributed by atoms with E-state index in [-0.39, 0.29) is 0 Å². The summed E-state index contributed by atoms with van der Waals surface area (Å²) in [6.45, 7) is 5.69. The molecule has 1 saturated carbocycles. The molecule has 0 heterocycles. The van der Waals surface area contributed by atoms with Crippen LogP contribution in [0, 0.1) is 11.8 Å². The molecule has 1 aliphatic rings. The molecule has 2 rings (SSSR count). The van der Waals surface area contributed by atoms with E-state index < -0.39 is 0 Å². The lowest BCUT2D eigenvalue weighted by Crippen LogP contribution is -2.39. The molecule has 0 saturated heterocycles. The van der Waals surface area contributed by atoms with E-state index in [9.17, 15) is 0 Å². The topological polar surface area (TPSA) is 12.0 Å².